The zero-order valence-electron chi connectivity index (χ0n) is 8.81. The lowest BCUT2D eigenvalue weighted by molar-refractivity contribution is 0.218. The number of halogens is 1. The summed E-state index contributed by atoms with van der Waals surface area (Å²) in [6.07, 6.45) is -0.756. The molecule has 0 aromatic heterocycles. The number of hydrogen-bond acceptors (Lipinski definition) is 1. The summed E-state index contributed by atoms with van der Waals surface area (Å²) in [6, 6.07) is 16.3. The Bertz CT molecular complexity index is 453. The first-order chi connectivity index (χ1) is 7.83. The fourth-order valence-electron chi connectivity index (χ4n) is 1.74. The minimum absolute atomic E-state index is 0.541. The van der Waals surface area contributed by atoms with Gasteiger partial charge in [0.1, 0.15) is 12.8 Å². The van der Waals surface area contributed by atoms with Gasteiger partial charge in [0.15, 0.2) is 0 Å². The highest BCUT2D eigenvalue weighted by Gasteiger charge is 2.13. The minimum atomic E-state index is -0.756. The van der Waals surface area contributed by atoms with Gasteiger partial charge in [0.2, 0.25) is 0 Å². The Kier molecular flexibility index (Phi) is 3.32. The maximum Gasteiger partial charge on any atom is 0.115 e. The van der Waals surface area contributed by atoms with Gasteiger partial charge in [0.25, 0.3) is 0 Å². The lowest BCUT2D eigenvalue weighted by Gasteiger charge is -2.14. The summed E-state index contributed by atoms with van der Waals surface area (Å²) >= 11 is 0. The van der Waals surface area contributed by atoms with Gasteiger partial charge in [-0.25, -0.2) is 4.39 Å². The first-order valence-corrected chi connectivity index (χ1v) is 5.19. The third-order valence-corrected chi connectivity index (χ3v) is 2.61. The third-order valence-electron chi connectivity index (χ3n) is 2.61. The normalized spacial score (nSPS) is 12.4. The van der Waals surface area contributed by atoms with Crippen LogP contribution in [0.25, 0.3) is 0 Å². The molecule has 1 atom stereocenters. The van der Waals surface area contributed by atoms with Crippen LogP contribution in [0.2, 0.25) is 0 Å². The van der Waals surface area contributed by atoms with Gasteiger partial charge in [-0.3, -0.25) is 0 Å². The van der Waals surface area contributed by atoms with Gasteiger partial charge >= 0.3 is 0 Å². The molecule has 0 saturated heterocycles. The summed E-state index contributed by atoms with van der Waals surface area (Å²) in [7, 11) is 0. The van der Waals surface area contributed by atoms with Crippen molar-refractivity contribution in [2.45, 2.75) is 12.8 Å². The Balaban J connectivity index is 2.37. The number of hydrogen-bond donors (Lipinski definition) is 1. The Morgan fingerprint density at radius 2 is 1.56 bits per heavy atom. The van der Waals surface area contributed by atoms with Gasteiger partial charge in [0, 0.05) is 0 Å². The fraction of sp³-hybridized carbons (Fsp3) is 0.143. The van der Waals surface area contributed by atoms with Crippen molar-refractivity contribution in [1.29, 1.82) is 0 Å². The quantitative estimate of drug-likeness (QED) is 0.835. The van der Waals surface area contributed by atoms with Crippen LogP contribution in [0.4, 0.5) is 4.39 Å². The second kappa shape index (κ2) is 4.90. The van der Waals surface area contributed by atoms with Crippen LogP contribution in [0, 0.1) is 0 Å². The Morgan fingerprint density at radius 3 is 2.25 bits per heavy atom. The molecule has 2 heteroatoms. The molecule has 1 N–H and O–H groups in total. The highest BCUT2D eigenvalue weighted by atomic mass is 19.1. The van der Waals surface area contributed by atoms with E-state index in [1.165, 1.54) is 0 Å². The molecule has 82 valence electrons. The molecule has 2 rings (SSSR count). The molecule has 2 aromatic rings. The summed E-state index contributed by atoms with van der Waals surface area (Å²) in [5.41, 5.74) is 1.96. The number of rotatable bonds is 3. The van der Waals surface area contributed by atoms with Crippen molar-refractivity contribution >= 4 is 0 Å². The number of aliphatic hydroxyl groups is 1. The Morgan fingerprint density at radius 1 is 0.938 bits per heavy atom. The molecule has 2 aromatic carbocycles. The van der Waals surface area contributed by atoms with Gasteiger partial charge in [-0.1, -0.05) is 54.6 Å². The molecule has 0 spiro atoms. The molecule has 0 heterocycles. The van der Waals surface area contributed by atoms with Gasteiger partial charge in [-0.15, -0.1) is 0 Å². The molecule has 0 aliphatic rings. The van der Waals surface area contributed by atoms with E-state index in [0.29, 0.717) is 11.1 Å². The summed E-state index contributed by atoms with van der Waals surface area (Å²) in [5.74, 6) is 0. The molecule has 0 saturated carbocycles. The van der Waals surface area contributed by atoms with Crippen molar-refractivity contribution in [3.63, 3.8) is 0 Å². The van der Waals surface area contributed by atoms with Crippen LogP contribution in [0.1, 0.15) is 22.8 Å². The van der Waals surface area contributed by atoms with Gasteiger partial charge < -0.3 is 5.11 Å². The fourth-order valence-corrected chi connectivity index (χ4v) is 1.74. The molecule has 1 nitrogen and oxygen atoms in total. The zero-order valence-corrected chi connectivity index (χ0v) is 8.81. The monoisotopic (exact) mass is 216 g/mol. The average Bonchev–Trinajstić information content (AvgIpc) is 2.39. The Labute approximate surface area is 94.2 Å². The molecule has 16 heavy (non-hydrogen) atoms. The molecule has 0 radical (unpaired) electrons. The maximum absolute atomic E-state index is 12.8. The van der Waals surface area contributed by atoms with Crippen molar-refractivity contribution in [2.24, 2.45) is 0 Å². The first kappa shape index (κ1) is 10.8. The minimum Gasteiger partial charge on any atom is -0.384 e. The summed E-state index contributed by atoms with van der Waals surface area (Å²) < 4.78 is 12.8. The highest BCUT2D eigenvalue weighted by Crippen LogP contribution is 2.25. The van der Waals surface area contributed by atoms with Gasteiger partial charge in [-0.05, 0) is 16.7 Å². The van der Waals surface area contributed by atoms with Crippen LogP contribution in [-0.4, -0.2) is 5.11 Å². The predicted molar refractivity (Wildman–Crippen MR) is 61.8 cm³/mol. The van der Waals surface area contributed by atoms with Crippen molar-refractivity contribution in [3.05, 3.63) is 71.3 Å². The molecular formula is C14H13FO. The molecule has 0 amide bonds. The van der Waals surface area contributed by atoms with Crippen LogP contribution < -0.4 is 0 Å². The SMILES string of the molecule is OC(c1ccccc1)c1ccccc1CF. The van der Waals surface area contributed by atoms with E-state index >= 15 is 0 Å². The van der Waals surface area contributed by atoms with E-state index in [1.807, 2.05) is 30.3 Å². The second-order valence-electron chi connectivity index (χ2n) is 3.65. The summed E-state index contributed by atoms with van der Waals surface area (Å²) in [6.45, 7) is -0.555. The highest BCUT2D eigenvalue weighted by molar-refractivity contribution is 5.35. The van der Waals surface area contributed by atoms with Crippen LogP contribution >= 0.6 is 0 Å². The molecule has 0 fully saturated rings. The first-order valence-electron chi connectivity index (χ1n) is 5.19. The summed E-state index contributed by atoms with van der Waals surface area (Å²) in [4.78, 5) is 0. The van der Waals surface area contributed by atoms with E-state index in [1.54, 1.807) is 24.3 Å². The van der Waals surface area contributed by atoms with Crippen LogP contribution in [0.5, 0.6) is 0 Å². The summed E-state index contributed by atoms with van der Waals surface area (Å²) in [5, 5.41) is 10.1. The van der Waals surface area contributed by atoms with E-state index in [4.69, 9.17) is 0 Å². The average molecular weight is 216 g/mol. The van der Waals surface area contributed by atoms with Crippen molar-refractivity contribution in [1.82, 2.24) is 0 Å². The van der Waals surface area contributed by atoms with Crippen LogP contribution in [0.15, 0.2) is 54.6 Å². The van der Waals surface area contributed by atoms with Crippen LogP contribution in [-0.2, 0) is 6.67 Å². The second-order valence-corrected chi connectivity index (χ2v) is 3.65. The zero-order chi connectivity index (χ0) is 11.4. The van der Waals surface area contributed by atoms with Gasteiger partial charge in [-0.2, -0.15) is 0 Å². The Hall–Kier alpha value is -1.67. The van der Waals surface area contributed by atoms with Crippen molar-refractivity contribution in [3.8, 4) is 0 Å². The van der Waals surface area contributed by atoms with E-state index in [2.05, 4.69) is 0 Å². The molecule has 0 aliphatic carbocycles. The van der Waals surface area contributed by atoms with E-state index < -0.39 is 12.8 Å². The van der Waals surface area contributed by atoms with Crippen molar-refractivity contribution in [2.75, 3.05) is 0 Å². The standard InChI is InChI=1S/C14H13FO/c15-10-12-8-4-5-9-13(12)14(16)11-6-2-1-3-7-11/h1-9,14,16H,10H2. The topological polar surface area (TPSA) is 20.2 Å². The van der Waals surface area contributed by atoms with Gasteiger partial charge in [0.05, 0.1) is 0 Å². The largest absolute Gasteiger partial charge is 0.384 e. The third kappa shape index (κ3) is 2.12. The van der Waals surface area contributed by atoms with E-state index in [-0.39, 0.29) is 0 Å². The molecule has 0 aliphatic heterocycles. The maximum atomic E-state index is 12.8. The molecular weight excluding hydrogens is 203 g/mol. The lowest BCUT2D eigenvalue weighted by atomic mass is 9.97. The molecule has 1 unspecified atom stereocenters. The smallest absolute Gasteiger partial charge is 0.115 e. The van der Waals surface area contributed by atoms with E-state index in [0.717, 1.165) is 5.56 Å². The lowest BCUT2D eigenvalue weighted by Crippen LogP contribution is -2.02. The van der Waals surface area contributed by atoms with Crippen LogP contribution in [0.3, 0.4) is 0 Å². The molecule has 0 bridgehead atoms. The number of alkyl halides is 1. The number of aliphatic hydroxyl groups excluding tert-OH is 1. The number of benzene rings is 2. The van der Waals surface area contributed by atoms with Crippen molar-refractivity contribution < 1.29 is 9.50 Å². The van der Waals surface area contributed by atoms with E-state index in [9.17, 15) is 9.50 Å². The predicted octanol–water partition coefficient (Wildman–Crippen LogP) is 3.24.